The fraction of sp³-hybridized carbons (Fsp3) is 0.750. The monoisotopic (exact) mass is 410 g/mol. The third-order valence-electron chi connectivity index (χ3n) is 5.58. The highest BCUT2D eigenvalue weighted by atomic mass is 32.2. The van der Waals surface area contributed by atoms with Gasteiger partial charge in [0.25, 0.3) is 10.1 Å². The highest BCUT2D eigenvalue weighted by Gasteiger charge is 2.36. The van der Waals surface area contributed by atoms with E-state index < -0.39 is 14.9 Å². The fourth-order valence-electron chi connectivity index (χ4n) is 3.42. The van der Waals surface area contributed by atoms with Crippen LogP contribution in [-0.4, -0.2) is 15.0 Å². The van der Waals surface area contributed by atoms with E-state index in [0.717, 1.165) is 18.4 Å². The van der Waals surface area contributed by atoms with Gasteiger partial charge in [-0.2, -0.15) is 8.42 Å². The van der Waals surface area contributed by atoms with Crippen LogP contribution in [0.4, 0.5) is 0 Å². The molecule has 28 heavy (non-hydrogen) atoms. The Morgan fingerprint density at radius 2 is 1.14 bits per heavy atom. The number of hydrogen-bond donors (Lipinski definition) is 0. The molecule has 0 saturated heterocycles. The van der Waals surface area contributed by atoms with E-state index in [4.69, 9.17) is 4.18 Å². The van der Waals surface area contributed by atoms with Crippen LogP contribution in [-0.2, 0) is 19.0 Å². The molecule has 0 unspecified atom stereocenters. The molecule has 0 bridgehead atoms. The first-order chi connectivity index (χ1) is 13.4. The molecule has 0 aliphatic rings. The average Bonchev–Trinajstić information content (AvgIpc) is 2.68. The molecule has 0 fully saturated rings. The van der Waals surface area contributed by atoms with Crippen molar-refractivity contribution in [3.8, 4) is 0 Å². The zero-order valence-electron chi connectivity index (χ0n) is 18.4. The van der Waals surface area contributed by atoms with Crippen LogP contribution in [0.25, 0.3) is 0 Å². The first-order valence-electron chi connectivity index (χ1n) is 11.4. The van der Waals surface area contributed by atoms with E-state index in [0.29, 0.717) is 0 Å². The summed E-state index contributed by atoms with van der Waals surface area (Å²) in [6, 6.07) is 9.29. The Kier molecular flexibility index (Phi) is 12.7. The summed E-state index contributed by atoms with van der Waals surface area (Å²) in [6.07, 6.45) is 16.5. The molecule has 0 amide bonds. The highest BCUT2D eigenvalue weighted by molar-refractivity contribution is 7.87. The third-order valence-corrected chi connectivity index (χ3v) is 7.54. The lowest BCUT2D eigenvalue weighted by Gasteiger charge is -2.24. The molecule has 3 nitrogen and oxygen atoms in total. The van der Waals surface area contributed by atoms with Gasteiger partial charge in [-0.15, -0.1) is 0 Å². The molecule has 0 radical (unpaired) electrons. The quantitative estimate of drug-likeness (QED) is 0.199. The van der Waals surface area contributed by atoms with E-state index in [1.807, 2.05) is 30.3 Å². The topological polar surface area (TPSA) is 43.4 Å². The van der Waals surface area contributed by atoms with Crippen molar-refractivity contribution in [2.24, 2.45) is 0 Å². The lowest BCUT2D eigenvalue weighted by atomic mass is 10.0. The van der Waals surface area contributed by atoms with Gasteiger partial charge in [0.1, 0.15) is 4.75 Å². The minimum absolute atomic E-state index is 0.288. The molecular weight excluding hydrogens is 368 g/mol. The first-order valence-corrected chi connectivity index (χ1v) is 12.8. The molecule has 0 heterocycles. The molecule has 0 N–H and O–H groups in total. The normalized spacial score (nSPS) is 12.4. The maximum atomic E-state index is 12.5. The molecule has 1 rings (SSSR count). The third kappa shape index (κ3) is 9.56. The van der Waals surface area contributed by atoms with E-state index in [1.165, 1.54) is 70.6 Å². The summed E-state index contributed by atoms with van der Waals surface area (Å²) in [5, 5.41) is 0. The van der Waals surface area contributed by atoms with Crippen LogP contribution in [0.15, 0.2) is 30.3 Å². The average molecular weight is 411 g/mol. The minimum atomic E-state index is -3.63. The molecule has 1 aromatic carbocycles. The van der Waals surface area contributed by atoms with Crippen molar-refractivity contribution in [3.05, 3.63) is 35.9 Å². The van der Waals surface area contributed by atoms with Gasteiger partial charge >= 0.3 is 0 Å². The number of hydrogen-bond acceptors (Lipinski definition) is 3. The summed E-state index contributed by atoms with van der Waals surface area (Å²) < 4.78 is 29.4. The number of benzene rings is 1. The van der Waals surface area contributed by atoms with Gasteiger partial charge in [0, 0.05) is 0 Å². The van der Waals surface area contributed by atoms with Crippen LogP contribution >= 0.6 is 0 Å². The van der Waals surface area contributed by atoms with Crippen molar-refractivity contribution in [2.75, 3.05) is 6.61 Å². The number of unbranched alkanes of at least 4 members (excludes halogenated alkanes) is 12. The van der Waals surface area contributed by atoms with Gasteiger partial charge < -0.3 is 0 Å². The van der Waals surface area contributed by atoms with E-state index >= 15 is 0 Å². The van der Waals surface area contributed by atoms with Gasteiger partial charge in [-0.25, -0.2) is 0 Å². The lowest BCUT2D eigenvalue weighted by Crippen LogP contribution is -2.31. The van der Waals surface area contributed by atoms with Gasteiger partial charge in [0.15, 0.2) is 0 Å². The predicted molar refractivity (Wildman–Crippen MR) is 120 cm³/mol. The van der Waals surface area contributed by atoms with Crippen molar-refractivity contribution >= 4 is 10.1 Å². The Bertz CT molecular complexity index is 594. The highest BCUT2D eigenvalue weighted by Crippen LogP contribution is 2.30. The minimum Gasteiger partial charge on any atom is -0.269 e. The van der Waals surface area contributed by atoms with Crippen molar-refractivity contribution < 1.29 is 12.6 Å². The molecule has 162 valence electrons. The zero-order chi connectivity index (χ0) is 20.7. The van der Waals surface area contributed by atoms with Crippen molar-refractivity contribution in [1.29, 1.82) is 0 Å². The smallest absolute Gasteiger partial charge is 0.269 e. The van der Waals surface area contributed by atoms with Gasteiger partial charge in [-0.05, 0) is 25.8 Å². The maximum absolute atomic E-state index is 12.5. The van der Waals surface area contributed by atoms with Crippen molar-refractivity contribution in [2.45, 2.75) is 109 Å². The standard InChI is InChI=1S/C24H42O3S/c1-4-5-6-7-8-9-10-11-12-13-14-15-19-22-27-28(25,26)24(2,3)23-20-17-16-18-21-23/h16-18,20-21H,4-15,19,22H2,1-3H3. The van der Waals surface area contributed by atoms with Crippen molar-refractivity contribution in [3.63, 3.8) is 0 Å². The zero-order valence-corrected chi connectivity index (χ0v) is 19.2. The summed E-state index contributed by atoms with van der Waals surface area (Å²) >= 11 is 0. The molecule has 0 saturated carbocycles. The van der Waals surface area contributed by atoms with Crippen LogP contribution < -0.4 is 0 Å². The molecule has 0 spiro atoms. The van der Waals surface area contributed by atoms with Gasteiger partial charge in [-0.3, -0.25) is 4.18 Å². The Labute approximate surface area is 174 Å². The lowest BCUT2D eigenvalue weighted by molar-refractivity contribution is 0.292. The van der Waals surface area contributed by atoms with Gasteiger partial charge in [-0.1, -0.05) is 114 Å². The number of rotatable bonds is 17. The van der Waals surface area contributed by atoms with E-state index in [9.17, 15) is 8.42 Å². The van der Waals surface area contributed by atoms with E-state index in [2.05, 4.69) is 6.92 Å². The fourth-order valence-corrected chi connectivity index (χ4v) is 4.48. The second kappa shape index (κ2) is 14.2. The summed E-state index contributed by atoms with van der Waals surface area (Å²) in [7, 11) is -3.63. The second-order valence-electron chi connectivity index (χ2n) is 8.40. The Morgan fingerprint density at radius 1 is 0.714 bits per heavy atom. The van der Waals surface area contributed by atoms with Crippen LogP contribution in [0.2, 0.25) is 0 Å². The van der Waals surface area contributed by atoms with E-state index in [-0.39, 0.29) is 6.61 Å². The van der Waals surface area contributed by atoms with Crippen molar-refractivity contribution in [1.82, 2.24) is 0 Å². The summed E-state index contributed by atoms with van der Waals surface area (Å²) in [5.74, 6) is 0. The Morgan fingerprint density at radius 3 is 1.61 bits per heavy atom. The maximum Gasteiger partial charge on any atom is 0.276 e. The molecule has 0 aromatic heterocycles. The molecular formula is C24H42O3S. The summed E-state index contributed by atoms with van der Waals surface area (Å²) in [6.45, 7) is 5.97. The van der Waals surface area contributed by atoms with Gasteiger partial charge in [0.2, 0.25) is 0 Å². The Hall–Kier alpha value is -0.870. The van der Waals surface area contributed by atoms with E-state index in [1.54, 1.807) is 13.8 Å². The predicted octanol–water partition coefficient (Wildman–Crippen LogP) is 7.36. The summed E-state index contributed by atoms with van der Waals surface area (Å²) in [5.41, 5.74) is 0.764. The van der Waals surface area contributed by atoms with Crippen LogP contribution in [0, 0.1) is 0 Å². The van der Waals surface area contributed by atoms with Gasteiger partial charge in [0.05, 0.1) is 6.61 Å². The molecule has 0 atom stereocenters. The molecule has 4 heteroatoms. The Balaban J connectivity index is 2.05. The van der Waals surface area contributed by atoms with Crippen LogP contribution in [0.1, 0.15) is 110 Å². The van der Waals surface area contributed by atoms with Crippen LogP contribution in [0.3, 0.4) is 0 Å². The first kappa shape index (κ1) is 25.2. The SMILES string of the molecule is CCCCCCCCCCCCCCCOS(=O)(=O)C(C)(C)c1ccccc1. The van der Waals surface area contributed by atoms with Crippen LogP contribution in [0.5, 0.6) is 0 Å². The molecule has 0 aliphatic heterocycles. The molecule has 1 aromatic rings. The second-order valence-corrected chi connectivity index (χ2v) is 10.6. The summed E-state index contributed by atoms with van der Waals surface area (Å²) in [4.78, 5) is 0. The molecule has 0 aliphatic carbocycles. The largest absolute Gasteiger partial charge is 0.276 e.